The van der Waals surface area contributed by atoms with Crippen molar-refractivity contribution in [2.75, 3.05) is 7.11 Å². The van der Waals surface area contributed by atoms with Crippen LogP contribution >= 0.6 is 0 Å². The van der Waals surface area contributed by atoms with Gasteiger partial charge in [-0.15, -0.1) is 0 Å². The zero-order valence-corrected chi connectivity index (χ0v) is 8.17. The molecule has 1 aromatic carbocycles. The van der Waals surface area contributed by atoms with Crippen molar-refractivity contribution in [1.29, 1.82) is 0 Å². The molecule has 1 unspecified atom stereocenters. The molecule has 1 aromatic rings. The van der Waals surface area contributed by atoms with Gasteiger partial charge < -0.3 is 15.0 Å². The standard InChI is InChI=1S/C8H9NO4S/c1-13-6-3-2-5(8(9)10)4-7(6)14(11)12/h2-4H,1H3,(H2,9,10)(H,11,12)/p-1. The summed E-state index contributed by atoms with van der Waals surface area (Å²) in [5.74, 6) is -0.498. The Morgan fingerprint density at radius 3 is 2.64 bits per heavy atom. The van der Waals surface area contributed by atoms with Crippen molar-refractivity contribution in [3.63, 3.8) is 0 Å². The second-order valence-electron chi connectivity index (χ2n) is 2.46. The van der Waals surface area contributed by atoms with E-state index in [9.17, 15) is 13.6 Å². The lowest BCUT2D eigenvalue weighted by Gasteiger charge is -2.11. The lowest BCUT2D eigenvalue weighted by atomic mass is 10.2. The van der Waals surface area contributed by atoms with Crippen molar-refractivity contribution in [1.82, 2.24) is 0 Å². The Morgan fingerprint density at radius 1 is 1.57 bits per heavy atom. The molecular formula is C8H8NO4S-. The maximum Gasteiger partial charge on any atom is 0.248 e. The number of carbonyl (C=O) groups is 1. The van der Waals surface area contributed by atoms with Crippen molar-refractivity contribution in [2.45, 2.75) is 4.90 Å². The summed E-state index contributed by atoms with van der Waals surface area (Å²) < 4.78 is 26.2. The number of carbonyl (C=O) groups excluding carboxylic acids is 1. The first-order valence-electron chi connectivity index (χ1n) is 3.63. The fraction of sp³-hybridized carbons (Fsp3) is 0.125. The number of amides is 1. The van der Waals surface area contributed by atoms with Crippen LogP contribution in [-0.4, -0.2) is 21.8 Å². The Bertz CT molecular complexity index is 391. The van der Waals surface area contributed by atoms with Crippen molar-refractivity contribution < 1.29 is 18.3 Å². The number of benzene rings is 1. The van der Waals surface area contributed by atoms with E-state index in [2.05, 4.69) is 0 Å². The Hall–Kier alpha value is -1.40. The summed E-state index contributed by atoms with van der Waals surface area (Å²) in [6.07, 6.45) is 0. The van der Waals surface area contributed by atoms with Crippen LogP contribution < -0.4 is 10.5 Å². The van der Waals surface area contributed by atoms with Crippen molar-refractivity contribution in [3.05, 3.63) is 23.8 Å². The van der Waals surface area contributed by atoms with Gasteiger partial charge in [-0.2, -0.15) is 0 Å². The van der Waals surface area contributed by atoms with E-state index in [1.165, 1.54) is 25.3 Å². The van der Waals surface area contributed by atoms with E-state index in [0.717, 1.165) is 0 Å². The van der Waals surface area contributed by atoms with E-state index in [-0.39, 0.29) is 16.2 Å². The molecule has 0 spiro atoms. The van der Waals surface area contributed by atoms with Crippen LogP contribution in [0.4, 0.5) is 0 Å². The van der Waals surface area contributed by atoms with Crippen LogP contribution in [0.1, 0.15) is 10.4 Å². The second kappa shape index (κ2) is 4.21. The van der Waals surface area contributed by atoms with Gasteiger partial charge in [0.15, 0.2) is 0 Å². The monoisotopic (exact) mass is 214 g/mol. The highest BCUT2D eigenvalue weighted by Gasteiger charge is 2.07. The Labute approximate surface area is 83.2 Å². The molecule has 0 aliphatic heterocycles. The lowest BCUT2D eigenvalue weighted by Crippen LogP contribution is -2.11. The maximum atomic E-state index is 10.8. The van der Waals surface area contributed by atoms with Gasteiger partial charge in [-0.25, -0.2) is 0 Å². The van der Waals surface area contributed by atoms with E-state index in [1.807, 2.05) is 0 Å². The molecule has 6 heteroatoms. The molecule has 0 fully saturated rings. The third-order valence-corrected chi connectivity index (χ3v) is 2.31. The molecule has 5 nitrogen and oxygen atoms in total. The van der Waals surface area contributed by atoms with Crippen molar-refractivity contribution in [2.24, 2.45) is 5.73 Å². The molecule has 0 aromatic heterocycles. The van der Waals surface area contributed by atoms with Gasteiger partial charge in [0.25, 0.3) is 0 Å². The van der Waals surface area contributed by atoms with Crippen LogP contribution in [-0.2, 0) is 11.1 Å². The molecule has 2 N–H and O–H groups in total. The number of nitrogens with two attached hydrogens (primary N) is 1. The number of methoxy groups -OCH3 is 1. The SMILES string of the molecule is COc1ccc(C(N)=O)cc1S(=O)[O-]. The number of ether oxygens (including phenoxy) is 1. The fourth-order valence-corrected chi connectivity index (χ4v) is 1.50. The molecule has 0 saturated heterocycles. The lowest BCUT2D eigenvalue weighted by molar-refractivity contribution is 0.1000. The van der Waals surface area contributed by atoms with E-state index < -0.39 is 17.0 Å². The smallest absolute Gasteiger partial charge is 0.248 e. The average molecular weight is 214 g/mol. The molecule has 1 atom stereocenters. The van der Waals surface area contributed by atoms with E-state index >= 15 is 0 Å². The highest BCUT2D eigenvalue weighted by molar-refractivity contribution is 7.79. The van der Waals surface area contributed by atoms with Gasteiger partial charge in [0.1, 0.15) is 5.75 Å². The summed E-state index contributed by atoms with van der Waals surface area (Å²) in [5.41, 5.74) is 5.12. The summed E-state index contributed by atoms with van der Waals surface area (Å²) in [4.78, 5) is 10.7. The summed E-state index contributed by atoms with van der Waals surface area (Å²) in [6, 6.07) is 3.95. The molecule has 0 aliphatic rings. The largest absolute Gasteiger partial charge is 0.768 e. The number of hydrogen-bond donors (Lipinski definition) is 1. The normalized spacial score (nSPS) is 12.1. The number of hydrogen-bond acceptors (Lipinski definition) is 4. The van der Waals surface area contributed by atoms with Gasteiger partial charge >= 0.3 is 0 Å². The maximum absolute atomic E-state index is 10.8. The molecule has 0 heterocycles. The molecule has 76 valence electrons. The zero-order valence-electron chi connectivity index (χ0n) is 7.35. The average Bonchev–Trinajstić information content (AvgIpc) is 2.16. The molecule has 1 rings (SSSR count). The van der Waals surface area contributed by atoms with Gasteiger partial charge in [-0.1, -0.05) is 0 Å². The Kier molecular flexibility index (Phi) is 3.21. The molecule has 0 radical (unpaired) electrons. The van der Waals surface area contributed by atoms with Crippen LogP contribution in [0.25, 0.3) is 0 Å². The van der Waals surface area contributed by atoms with Crippen LogP contribution in [0.3, 0.4) is 0 Å². The first-order chi connectivity index (χ1) is 6.56. The molecular weight excluding hydrogens is 206 g/mol. The zero-order chi connectivity index (χ0) is 10.7. The van der Waals surface area contributed by atoms with Crippen LogP contribution in [0, 0.1) is 0 Å². The minimum Gasteiger partial charge on any atom is -0.768 e. The molecule has 0 saturated carbocycles. The summed E-state index contributed by atoms with van der Waals surface area (Å²) in [6.45, 7) is 0. The third kappa shape index (κ3) is 2.09. The fourth-order valence-electron chi connectivity index (χ4n) is 0.960. The summed E-state index contributed by atoms with van der Waals surface area (Å²) in [5, 5.41) is 0. The van der Waals surface area contributed by atoms with E-state index in [4.69, 9.17) is 10.5 Å². The predicted octanol–water partition coefficient (Wildman–Crippen LogP) is 0.0321. The predicted molar refractivity (Wildman–Crippen MR) is 48.7 cm³/mol. The highest BCUT2D eigenvalue weighted by Crippen LogP contribution is 2.22. The van der Waals surface area contributed by atoms with Gasteiger partial charge in [-0.3, -0.25) is 9.00 Å². The minimum atomic E-state index is -2.45. The van der Waals surface area contributed by atoms with Crippen LogP contribution in [0.15, 0.2) is 23.1 Å². The molecule has 0 aliphatic carbocycles. The van der Waals surface area contributed by atoms with Gasteiger partial charge in [0.05, 0.1) is 12.0 Å². The molecule has 0 bridgehead atoms. The second-order valence-corrected chi connectivity index (χ2v) is 3.37. The van der Waals surface area contributed by atoms with Crippen LogP contribution in [0.5, 0.6) is 5.75 Å². The van der Waals surface area contributed by atoms with Crippen molar-refractivity contribution >= 4 is 17.0 Å². The summed E-state index contributed by atoms with van der Waals surface area (Å²) in [7, 11) is 1.34. The third-order valence-electron chi connectivity index (χ3n) is 1.63. The Balaban J connectivity index is 3.27. The van der Waals surface area contributed by atoms with Crippen LogP contribution in [0.2, 0.25) is 0 Å². The first-order valence-corrected chi connectivity index (χ1v) is 4.71. The van der Waals surface area contributed by atoms with Crippen molar-refractivity contribution in [3.8, 4) is 5.75 Å². The van der Waals surface area contributed by atoms with E-state index in [1.54, 1.807) is 0 Å². The van der Waals surface area contributed by atoms with Gasteiger partial charge in [0, 0.05) is 5.56 Å². The van der Waals surface area contributed by atoms with Gasteiger partial charge in [-0.05, 0) is 29.3 Å². The molecule has 14 heavy (non-hydrogen) atoms. The quantitative estimate of drug-likeness (QED) is 0.718. The summed E-state index contributed by atoms with van der Waals surface area (Å²) >= 11 is -2.45. The van der Waals surface area contributed by atoms with E-state index in [0.29, 0.717) is 0 Å². The highest BCUT2D eigenvalue weighted by atomic mass is 32.2. The Morgan fingerprint density at radius 2 is 2.21 bits per heavy atom. The minimum absolute atomic E-state index is 0.0798. The van der Waals surface area contributed by atoms with Gasteiger partial charge in [0.2, 0.25) is 5.91 Å². The topological polar surface area (TPSA) is 92.5 Å². The first kappa shape index (κ1) is 10.7. The number of primary amides is 1. The molecule has 1 amide bonds. The number of rotatable bonds is 3.